The summed E-state index contributed by atoms with van der Waals surface area (Å²) in [5.41, 5.74) is 5.83. The number of halogens is 1. The van der Waals surface area contributed by atoms with Crippen molar-refractivity contribution in [3.05, 3.63) is 51.4 Å². The number of anilines is 1. The number of nitrogens with zero attached hydrogens (tertiary/aromatic N) is 2. The highest BCUT2D eigenvalue weighted by atomic mass is 79.9. The van der Waals surface area contributed by atoms with E-state index in [1.165, 1.54) is 5.56 Å². The van der Waals surface area contributed by atoms with Crippen LogP contribution in [-0.2, 0) is 24.2 Å². The van der Waals surface area contributed by atoms with Gasteiger partial charge < -0.3 is 10.2 Å². The second-order valence-corrected chi connectivity index (χ2v) is 5.58. The molecule has 104 valence electrons. The minimum Gasteiger partial charge on any atom is -0.376 e. The number of hydrogen-bond donors (Lipinski definition) is 2. The molecule has 3 rings (SSSR count). The topological polar surface area (TPSA) is 73.1 Å². The number of nitrogens with two attached hydrogens (primary N) is 1. The van der Waals surface area contributed by atoms with E-state index in [1.54, 1.807) is 0 Å². The zero-order valence-corrected chi connectivity index (χ0v) is 12.5. The van der Waals surface area contributed by atoms with Crippen molar-refractivity contribution in [2.45, 2.75) is 19.4 Å². The van der Waals surface area contributed by atoms with Crippen LogP contribution in [0.25, 0.3) is 0 Å². The maximum absolute atomic E-state index is 5.55. The van der Waals surface area contributed by atoms with Crippen molar-refractivity contribution in [3.63, 3.8) is 0 Å². The van der Waals surface area contributed by atoms with Crippen LogP contribution in [-0.4, -0.2) is 16.6 Å². The molecule has 20 heavy (non-hydrogen) atoms. The SMILES string of the molecule is NNc1nc(Cc2ccc(Br)cc2)nc2c1COCC2. The van der Waals surface area contributed by atoms with Gasteiger partial charge in [-0.05, 0) is 17.7 Å². The Balaban J connectivity index is 1.91. The smallest absolute Gasteiger partial charge is 0.149 e. The van der Waals surface area contributed by atoms with Crippen LogP contribution in [0, 0.1) is 0 Å². The van der Waals surface area contributed by atoms with Crippen molar-refractivity contribution in [2.24, 2.45) is 5.84 Å². The second-order valence-electron chi connectivity index (χ2n) is 4.66. The highest BCUT2D eigenvalue weighted by Gasteiger charge is 2.17. The molecule has 6 heteroatoms. The number of aromatic nitrogens is 2. The first kappa shape index (κ1) is 13.5. The zero-order valence-electron chi connectivity index (χ0n) is 10.9. The molecule has 0 saturated carbocycles. The summed E-state index contributed by atoms with van der Waals surface area (Å²) in [6.07, 6.45) is 1.50. The number of fused-ring (bicyclic) bond motifs is 1. The lowest BCUT2D eigenvalue weighted by Gasteiger charge is -2.19. The third-order valence-electron chi connectivity index (χ3n) is 3.28. The van der Waals surface area contributed by atoms with E-state index in [9.17, 15) is 0 Å². The van der Waals surface area contributed by atoms with Crippen LogP contribution in [0.3, 0.4) is 0 Å². The van der Waals surface area contributed by atoms with Gasteiger partial charge in [0.1, 0.15) is 11.6 Å². The molecule has 0 radical (unpaired) electrons. The largest absolute Gasteiger partial charge is 0.376 e. The highest BCUT2D eigenvalue weighted by Crippen LogP contribution is 2.22. The Bertz CT molecular complexity index is 598. The molecule has 2 aromatic rings. The van der Waals surface area contributed by atoms with Crippen LogP contribution in [0.1, 0.15) is 22.6 Å². The van der Waals surface area contributed by atoms with Crippen molar-refractivity contribution in [2.75, 3.05) is 12.0 Å². The van der Waals surface area contributed by atoms with E-state index in [2.05, 4.69) is 43.5 Å². The van der Waals surface area contributed by atoms with E-state index in [0.717, 1.165) is 28.0 Å². The molecule has 1 aliphatic rings. The van der Waals surface area contributed by atoms with Gasteiger partial charge in [-0.2, -0.15) is 0 Å². The van der Waals surface area contributed by atoms with Crippen LogP contribution < -0.4 is 11.3 Å². The lowest BCUT2D eigenvalue weighted by atomic mass is 10.1. The molecule has 2 heterocycles. The molecular formula is C14H15BrN4O. The normalized spacial score (nSPS) is 13.9. The van der Waals surface area contributed by atoms with Gasteiger partial charge in [-0.15, -0.1) is 0 Å². The molecule has 1 aromatic heterocycles. The maximum Gasteiger partial charge on any atom is 0.149 e. The Kier molecular flexibility index (Phi) is 3.95. The molecule has 0 spiro atoms. The second kappa shape index (κ2) is 5.87. The highest BCUT2D eigenvalue weighted by molar-refractivity contribution is 9.10. The summed E-state index contributed by atoms with van der Waals surface area (Å²) in [6, 6.07) is 8.16. The number of rotatable bonds is 3. The van der Waals surface area contributed by atoms with Gasteiger partial charge in [0.05, 0.1) is 18.9 Å². The van der Waals surface area contributed by atoms with Crippen LogP contribution in [0.5, 0.6) is 0 Å². The van der Waals surface area contributed by atoms with Gasteiger partial charge in [-0.25, -0.2) is 15.8 Å². The maximum atomic E-state index is 5.55. The van der Waals surface area contributed by atoms with Gasteiger partial charge in [0.15, 0.2) is 0 Å². The van der Waals surface area contributed by atoms with E-state index >= 15 is 0 Å². The predicted molar refractivity (Wildman–Crippen MR) is 80.2 cm³/mol. The van der Waals surface area contributed by atoms with Crippen molar-refractivity contribution in [1.82, 2.24) is 9.97 Å². The van der Waals surface area contributed by atoms with E-state index in [4.69, 9.17) is 10.6 Å². The van der Waals surface area contributed by atoms with Crippen molar-refractivity contribution >= 4 is 21.7 Å². The molecular weight excluding hydrogens is 320 g/mol. The first-order valence-corrected chi connectivity index (χ1v) is 7.23. The Hall–Kier alpha value is -1.50. The van der Waals surface area contributed by atoms with Crippen molar-refractivity contribution in [1.29, 1.82) is 0 Å². The summed E-state index contributed by atoms with van der Waals surface area (Å²) in [6.45, 7) is 1.22. The first-order valence-electron chi connectivity index (χ1n) is 6.44. The number of benzene rings is 1. The third-order valence-corrected chi connectivity index (χ3v) is 3.81. The summed E-state index contributed by atoms with van der Waals surface area (Å²) in [5.74, 6) is 7.00. The van der Waals surface area contributed by atoms with E-state index in [0.29, 0.717) is 25.5 Å². The van der Waals surface area contributed by atoms with Crippen molar-refractivity contribution in [3.8, 4) is 0 Å². The number of hydrazine groups is 1. The molecule has 0 bridgehead atoms. The monoisotopic (exact) mass is 334 g/mol. The Morgan fingerprint density at radius 1 is 1.25 bits per heavy atom. The van der Waals surface area contributed by atoms with E-state index in [1.807, 2.05) is 12.1 Å². The summed E-state index contributed by atoms with van der Waals surface area (Å²) < 4.78 is 6.49. The molecule has 0 amide bonds. The summed E-state index contributed by atoms with van der Waals surface area (Å²) in [7, 11) is 0. The molecule has 5 nitrogen and oxygen atoms in total. The number of hydrogen-bond acceptors (Lipinski definition) is 5. The van der Waals surface area contributed by atoms with E-state index < -0.39 is 0 Å². The molecule has 3 N–H and O–H groups in total. The number of nitrogens with one attached hydrogen (secondary N) is 1. The van der Waals surface area contributed by atoms with Crippen LogP contribution >= 0.6 is 15.9 Å². The number of ether oxygens (including phenoxy) is 1. The van der Waals surface area contributed by atoms with E-state index in [-0.39, 0.29) is 0 Å². The third kappa shape index (κ3) is 2.82. The summed E-state index contributed by atoms with van der Waals surface area (Å²) >= 11 is 3.43. The van der Waals surface area contributed by atoms with Gasteiger partial charge in [-0.1, -0.05) is 28.1 Å². The van der Waals surface area contributed by atoms with Crippen LogP contribution in [0.2, 0.25) is 0 Å². The molecule has 0 saturated heterocycles. The van der Waals surface area contributed by atoms with Crippen molar-refractivity contribution < 1.29 is 4.74 Å². The zero-order chi connectivity index (χ0) is 13.9. The molecule has 1 aromatic carbocycles. The molecule has 0 aliphatic carbocycles. The van der Waals surface area contributed by atoms with Gasteiger partial charge in [0.25, 0.3) is 0 Å². The summed E-state index contributed by atoms with van der Waals surface area (Å²) in [5, 5.41) is 0. The summed E-state index contributed by atoms with van der Waals surface area (Å²) in [4.78, 5) is 9.12. The fraction of sp³-hybridized carbons (Fsp3) is 0.286. The number of nitrogen functional groups attached to an aromatic ring is 1. The van der Waals surface area contributed by atoms with Gasteiger partial charge >= 0.3 is 0 Å². The average molecular weight is 335 g/mol. The molecule has 1 aliphatic heterocycles. The Morgan fingerprint density at radius 3 is 2.80 bits per heavy atom. The lowest BCUT2D eigenvalue weighted by Crippen LogP contribution is -2.20. The van der Waals surface area contributed by atoms with Crippen LogP contribution in [0.15, 0.2) is 28.7 Å². The Labute approximate surface area is 125 Å². The molecule has 0 atom stereocenters. The minimum absolute atomic E-state index is 0.521. The fourth-order valence-electron chi connectivity index (χ4n) is 2.27. The van der Waals surface area contributed by atoms with Gasteiger partial charge in [0.2, 0.25) is 0 Å². The van der Waals surface area contributed by atoms with Gasteiger partial charge in [0, 0.05) is 22.9 Å². The lowest BCUT2D eigenvalue weighted by molar-refractivity contribution is 0.109. The minimum atomic E-state index is 0.521. The fourth-order valence-corrected chi connectivity index (χ4v) is 2.53. The standard InChI is InChI=1S/C14H15BrN4O/c15-10-3-1-9(2-4-10)7-13-17-12-5-6-20-8-11(12)14(18-13)19-16/h1-4H,5-8,16H2,(H,17,18,19). The Morgan fingerprint density at radius 2 is 2.05 bits per heavy atom. The van der Waals surface area contributed by atoms with Gasteiger partial charge in [-0.3, -0.25) is 0 Å². The van der Waals surface area contributed by atoms with Crippen LogP contribution in [0.4, 0.5) is 5.82 Å². The first-order chi connectivity index (χ1) is 9.76. The predicted octanol–water partition coefficient (Wildman–Crippen LogP) is 2.19. The average Bonchev–Trinajstić information content (AvgIpc) is 2.49. The quantitative estimate of drug-likeness (QED) is 0.664. The molecule has 0 unspecified atom stereocenters. The molecule has 0 fully saturated rings.